The van der Waals surface area contributed by atoms with Crippen molar-refractivity contribution in [2.75, 3.05) is 20.6 Å². The number of nitrogens with one attached hydrogen (secondary N) is 1. The lowest BCUT2D eigenvalue weighted by atomic mass is 10.1. The Bertz CT molecular complexity index is 745. The normalized spacial score (nSPS) is 22.1. The molecule has 1 atom stereocenters. The maximum atomic E-state index is 12.6. The summed E-state index contributed by atoms with van der Waals surface area (Å²) in [5.74, 6) is 0.309. The fourth-order valence-electron chi connectivity index (χ4n) is 2.91. The monoisotopic (exact) mass is 353 g/mol. The molecule has 1 aliphatic heterocycles. The first-order chi connectivity index (χ1) is 11.3. The molecule has 2 aliphatic rings. The van der Waals surface area contributed by atoms with Crippen LogP contribution in [0.15, 0.2) is 6.20 Å². The summed E-state index contributed by atoms with van der Waals surface area (Å²) in [5, 5.41) is 2.93. The lowest BCUT2D eigenvalue weighted by Crippen LogP contribution is -2.40. The fraction of sp³-hybridized carbons (Fsp3) is 0.667. The van der Waals surface area contributed by atoms with Crippen LogP contribution in [0.5, 0.6) is 0 Å². The standard InChI is InChI=1S/C15H23N5O3S/c1-10-16-9-12(15(21)18-11-6-7-11)14(17-10)13-5-4-8-20(13)24(22,23)19(2)3/h9,11,13H,4-8H2,1-3H3,(H,18,21)/t13-/m0/s1. The van der Waals surface area contributed by atoms with Gasteiger partial charge in [0.25, 0.3) is 16.1 Å². The molecule has 1 amide bonds. The minimum Gasteiger partial charge on any atom is -0.349 e. The minimum atomic E-state index is -3.57. The molecule has 2 heterocycles. The number of carbonyl (C=O) groups is 1. The van der Waals surface area contributed by atoms with Crippen molar-refractivity contribution >= 4 is 16.1 Å². The highest BCUT2D eigenvalue weighted by Crippen LogP contribution is 2.35. The Hall–Kier alpha value is -1.58. The Morgan fingerprint density at radius 3 is 2.67 bits per heavy atom. The van der Waals surface area contributed by atoms with Crippen LogP contribution < -0.4 is 5.32 Å². The molecule has 0 aromatic carbocycles. The van der Waals surface area contributed by atoms with Crippen LogP contribution in [0, 0.1) is 6.92 Å². The Kier molecular flexibility index (Phi) is 4.58. The van der Waals surface area contributed by atoms with E-state index in [4.69, 9.17) is 0 Å². The van der Waals surface area contributed by atoms with Gasteiger partial charge in [-0.3, -0.25) is 4.79 Å². The first-order valence-electron chi connectivity index (χ1n) is 8.14. The second kappa shape index (κ2) is 6.38. The summed E-state index contributed by atoms with van der Waals surface area (Å²) < 4.78 is 27.8. The second-order valence-corrected chi connectivity index (χ2v) is 8.62. The van der Waals surface area contributed by atoms with Crippen LogP contribution in [0.1, 0.15) is 53.6 Å². The summed E-state index contributed by atoms with van der Waals surface area (Å²) in [6.07, 6.45) is 4.86. The van der Waals surface area contributed by atoms with Gasteiger partial charge < -0.3 is 5.32 Å². The quantitative estimate of drug-likeness (QED) is 0.837. The summed E-state index contributed by atoms with van der Waals surface area (Å²) in [5.41, 5.74) is 0.877. The molecule has 0 spiro atoms. The van der Waals surface area contributed by atoms with Crippen LogP contribution in [0.4, 0.5) is 0 Å². The lowest BCUT2D eigenvalue weighted by Gasteiger charge is -2.27. The van der Waals surface area contributed by atoms with Gasteiger partial charge in [-0.1, -0.05) is 0 Å². The van der Waals surface area contributed by atoms with E-state index in [1.54, 1.807) is 6.92 Å². The van der Waals surface area contributed by atoms with Gasteiger partial charge in [0, 0.05) is 32.9 Å². The van der Waals surface area contributed by atoms with Gasteiger partial charge in [0.2, 0.25) is 0 Å². The van der Waals surface area contributed by atoms with E-state index in [1.807, 2.05) is 0 Å². The summed E-state index contributed by atoms with van der Waals surface area (Å²) in [6, 6.07) is -0.212. The van der Waals surface area contributed by atoms with E-state index in [2.05, 4.69) is 15.3 Å². The van der Waals surface area contributed by atoms with Gasteiger partial charge in [0.15, 0.2) is 0 Å². The zero-order chi connectivity index (χ0) is 17.5. The van der Waals surface area contributed by atoms with Crippen molar-refractivity contribution in [2.24, 2.45) is 0 Å². The van der Waals surface area contributed by atoms with Crippen molar-refractivity contribution in [3.8, 4) is 0 Å². The van der Waals surface area contributed by atoms with E-state index in [9.17, 15) is 13.2 Å². The highest BCUT2D eigenvalue weighted by Gasteiger charge is 2.39. The van der Waals surface area contributed by atoms with E-state index in [1.165, 1.54) is 28.9 Å². The molecule has 1 aromatic heterocycles. The predicted octanol–water partition coefficient (Wildman–Crippen LogP) is 0.621. The van der Waals surface area contributed by atoms with Gasteiger partial charge in [0.05, 0.1) is 17.3 Å². The maximum absolute atomic E-state index is 12.6. The molecule has 24 heavy (non-hydrogen) atoms. The first-order valence-corrected chi connectivity index (χ1v) is 9.54. The zero-order valence-electron chi connectivity index (χ0n) is 14.2. The summed E-state index contributed by atoms with van der Waals surface area (Å²) in [6.45, 7) is 2.17. The molecule has 0 radical (unpaired) electrons. The number of carbonyl (C=O) groups excluding carboxylic acids is 1. The van der Waals surface area contributed by atoms with Crippen molar-refractivity contribution in [2.45, 2.75) is 44.7 Å². The molecule has 9 heteroatoms. The van der Waals surface area contributed by atoms with Crippen LogP contribution in [0.25, 0.3) is 0 Å². The average molecular weight is 353 g/mol. The van der Waals surface area contributed by atoms with E-state index >= 15 is 0 Å². The molecular formula is C15H23N5O3S. The largest absolute Gasteiger partial charge is 0.349 e. The summed E-state index contributed by atoms with van der Waals surface area (Å²) >= 11 is 0. The van der Waals surface area contributed by atoms with Gasteiger partial charge >= 0.3 is 0 Å². The fourth-order valence-corrected chi connectivity index (χ4v) is 4.21. The number of hydrogen-bond donors (Lipinski definition) is 1. The molecule has 3 rings (SSSR count). The molecule has 1 aliphatic carbocycles. The number of hydrogen-bond acceptors (Lipinski definition) is 5. The van der Waals surface area contributed by atoms with Crippen molar-refractivity contribution in [3.63, 3.8) is 0 Å². The molecule has 0 bridgehead atoms. The van der Waals surface area contributed by atoms with E-state index in [0.29, 0.717) is 30.0 Å². The zero-order valence-corrected chi connectivity index (χ0v) is 15.0. The van der Waals surface area contributed by atoms with Crippen molar-refractivity contribution in [1.82, 2.24) is 23.9 Å². The number of rotatable bonds is 5. The van der Waals surface area contributed by atoms with Crippen molar-refractivity contribution < 1.29 is 13.2 Å². The topological polar surface area (TPSA) is 95.5 Å². The Morgan fingerprint density at radius 1 is 1.33 bits per heavy atom. The third-order valence-corrected chi connectivity index (χ3v) is 6.33. The number of aryl methyl sites for hydroxylation is 1. The third kappa shape index (κ3) is 3.28. The van der Waals surface area contributed by atoms with Crippen LogP contribution in [-0.4, -0.2) is 59.6 Å². The molecule has 1 saturated carbocycles. The molecule has 132 valence electrons. The molecular weight excluding hydrogens is 330 g/mol. The van der Waals surface area contributed by atoms with Crippen LogP contribution in [0.2, 0.25) is 0 Å². The molecule has 2 fully saturated rings. The smallest absolute Gasteiger partial charge is 0.282 e. The first kappa shape index (κ1) is 17.2. The highest BCUT2D eigenvalue weighted by atomic mass is 32.2. The SMILES string of the molecule is Cc1ncc(C(=O)NC2CC2)c([C@@H]2CCCN2S(=O)(=O)N(C)C)n1. The van der Waals surface area contributed by atoms with Gasteiger partial charge in [0.1, 0.15) is 5.82 Å². The van der Waals surface area contributed by atoms with Gasteiger partial charge in [-0.25, -0.2) is 9.97 Å². The van der Waals surface area contributed by atoms with Gasteiger partial charge in [-0.15, -0.1) is 0 Å². The number of amides is 1. The Balaban J connectivity index is 1.97. The second-order valence-electron chi connectivity index (χ2n) is 6.52. The van der Waals surface area contributed by atoms with Crippen LogP contribution in [-0.2, 0) is 10.2 Å². The number of aromatic nitrogens is 2. The highest BCUT2D eigenvalue weighted by molar-refractivity contribution is 7.86. The minimum absolute atomic E-state index is 0.219. The lowest BCUT2D eigenvalue weighted by molar-refractivity contribution is 0.0947. The van der Waals surface area contributed by atoms with E-state index in [0.717, 1.165) is 19.3 Å². The van der Waals surface area contributed by atoms with Gasteiger partial charge in [-0.2, -0.15) is 17.0 Å². The van der Waals surface area contributed by atoms with Crippen molar-refractivity contribution in [3.05, 3.63) is 23.3 Å². The van der Waals surface area contributed by atoms with Crippen molar-refractivity contribution in [1.29, 1.82) is 0 Å². The van der Waals surface area contributed by atoms with Crippen LogP contribution >= 0.6 is 0 Å². The summed E-state index contributed by atoms with van der Waals surface area (Å²) in [4.78, 5) is 21.1. The van der Waals surface area contributed by atoms with Gasteiger partial charge in [-0.05, 0) is 32.6 Å². The third-order valence-electron chi connectivity index (χ3n) is 4.37. The van der Waals surface area contributed by atoms with E-state index in [-0.39, 0.29) is 11.9 Å². The molecule has 8 nitrogen and oxygen atoms in total. The number of nitrogens with zero attached hydrogens (tertiary/aromatic N) is 4. The molecule has 1 saturated heterocycles. The molecule has 1 N–H and O–H groups in total. The van der Waals surface area contributed by atoms with Crippen LogP contribution in [0.3, 0.4) is 0 Å². The molecule has 1 aromatic rings. The Morgan fingerprint density at radius 2 is 2.04 bits per heavy atom. The molecule has 0 unspecified atom stereocenters. The predicted molar refractivity (Wildman–Crippen MR) is 88.5 cm³/mol. The summed E-state index contributed by atoms with van der Waals surface area (Å²) in [7, 11) is -0.544. The van der Waals surface area contributed by atoms with E-state index < -0.39 is 16.3 Å². The Labute approximate surface area is 142 Å². The maximum Gasteiger partial charge on any atom is 0.282 e. The average Bonchev–Trinajstić information content (AvgIpc) is 3.18.